The first-order valence-electron chi connectivity index (χ1n) is 5.31. The van der Waals surface area contributed by atoms with Gasteiger partial charge in [0.05, 0.1) is 5.56 Å². The molecule has 2 aromatic rings. The normalized spacial score (nSPS) is 17.7. The van der Waals surface area contributed by atoms with Crippen molar-refractivity contribution >= 4 is 5.97 Å². The van der Waals surface area contributed by atoms with Crippen molar-refractivity contribution in [3.63, 3.8) is 0 Å². The van der Waals surface area contributed by atoms with Crippen molar-refractivity contribution in [2.45, 2.75) is 6.10 Å². The molecule has 2 nitrogen and oxygen atoms in total. The Morgan fingerprint density at radius 1 is 0.941 bits per heavy atom. The Morgan fingerprint density at radius 2 is 1.59 bits per heavy atom. The summed E-state index contributed by atoms with van der Waals surface area (Å²) >= 11 is 0. The summed E-state index contributed by atoms with van der Waals surface area (Å²) in [5, 5.41) is 0. The van der Waals surface area contributed by atoms with Gasteiger partial charge in [-0.05, 0) is 12.1 Å². The van der Waals surface area contributed by atoms with Crippen LogP contribution in [0.1, 0.15) is 27.6 Å². The number of esters is 1. The third-order valence-electron chi connectivity index (χ3n) is 2.88. The largest absolute Gasteiger partial charge is 0.449 e. The van der Waals surface area contributed by atoms with Gasteiger partial charge in [0.2, 0.25) is 0 Å². The number of carbonyl (C=O) groups excluding carboxylic acids is 1. The summed E-state index contributed by atoms with van der Waals surface area (Å²) in [6.45, 7) is 0. The summed E-state index contributed by atoms with van der Waals surface area (Å²) in [7, 11) is 0. The molecule has 0 aliphatic carbocycles. The van der Waals surface area contributed by atoms with Crippen LogP contribution in [0.3, 0.4) is 0 Å². The van der Waals surface area contributed by atoms with Crippen LogP contribution in [0, 0.1) is 5.82 Å². The number of rotatable bonds is 1. The van der Waals surface area contributed by atoms with E-state index in [1.807, 2.05) is 6.07 Å². The number of ether oxygens (including phenoxy) is 1. The second-order valence-corrected chi connectivity index (χ2v) is 3.89. The highest BCUT2D eigenvalue weighted by Crippen LogP contribution is 2.36. The number of carbonyl (C=O) groups is 1. The van der Waals surface area contributed by atoms with Gasteiger partial charge < -0.3 is 4.74 Å². The van der Waals surface area contributed by atoms with Gasteiger partial charge in [0, 0.05) is 11.1 Å². The molecule has 0 bridgehead atoms. The summed E-state index contributed by atoms with van der Waals surface area (Å²) in [6.07, 6.45) is -0.625. The van der Waals surface area contributed by atoms with Crippen LogP contribution in [0.25, 0.3) is 0 Å². The minimum absolute atomic E-state index is 0.359. The van der Waals surface area contributed by atoms with E-state index in [0.717, 1.165) is 5.56 Å². The molecule has 17 heavy (non-hydrogen) atoms. The number of cyclic esters (lactones) is 1. The molecule has 0 saturated heterocycles. The molecular formula is C14H9FO2. The highest BCUT2D eigenvalue weighted by molar-refractivity contribution is 5.94. The fourth-order valence-electron chi connectivity index (χ4n) is 2.06. The molecule has 2 aromatic carbocycles. The summed E-state index contributed by atoms with van der Waals surface area (Å²) in [5.41, 5.74) is 1.63. The fraction of sp³-hybridized carbons (Fsp3) is 0.0714. The molecule has 0 radical (unpaired) electrons. The summed E-state index contributed by atoms with van der Waals surface area (Å²) in [6, 6.07) is 13.4. The molecular weight excluding hydrogens is 219 g/mol. The van der Waals surface area contributed by atoms with E-state index in [1.165, 1.54) is 6.07 Å². The van der Waals surface area contributed by atoms with Gasteiger partial charge in [-0.15, -0.1) is 0 Å². The van der Waals surface area contributed by atoms with Gasteiger partial charge in [-0.25, -0.2) is 9.18 Å². The summed E-state index contributed by atoms with van der Waals surface area (Å²) in [4.78, 5) is 11.6. The highest BCUT2D eigenvalue weighted by Gasteiger charge is 2.32. The third-order valence-corrected chi connectivity index (χ3v) is 2.88. The molecule has 0 amide bonds. The molecule has 3 heteroatoms. The molecule has 0 unspecified atom stereocenters. The third kappa shape index (κ3) is 1.51. The van der Waals surface area contributed by atoms with Crippen LogP contribution >= 0.6 is 0 Å². The molecule has 1 atom stereocenters. The molecule has 3 rings (SSSR count). The van der Waals surface area contributed by atoms with E-state index in [1.54, 1.807) is 36.4 Å². The topological polar surface area (TPSA) is 26.3 Å². The van der Waals surface area contributed by atoms with Crippen LogP contribution in [-0.4, -0.2) is 5.97 Å². The van der Waals surface area contributed by atoms with Gasteiger partial charge in [-0.1, -0.05) is 36.4 Å². The van der Waals surface area contributed by atoms with Gasteiger partial charge in [-0.3, -0.25) is 0 Å². The average Bonchev–Trinajstić information content (AvgIpc) is 2.68. The average molecular weight is 228 g/mol. The summed E-state index contributed by atoms with van der Waals surface area (Å²) in [5.74, 6) is -0.754. The van der Waals surface area contributed by atoms with Gasteiger partial charge in [0.1, 0.15) is 5.82 Å². The lowest BCUT2D eigenvalue weighted by Gasteiger charge is -2.11. The second kappa shape index (κ2) is 3.70. The lowest BCUT2D eigenvalue weighted by molar-refractivity contribution is 0.0451. The SMILES string of the molecule is O=C1O[C@H](c2ccccc2F)c2ccccc21. The van der Waals surface area contributed by atoms with E-state index in [4.69, 9.17) is 4.74 Å². The maximum Gasteiger partial charge on any atom is 0.339 e. The van der Waals surface area contributed by atoms with Crippen molar-refractivity contribution in [1.82, 2.24) is 0 Å². The Hall–Kier alpha value is -2.16. The van der Waals surface area contributed by atoms with E-state index in [-0.39, 0.29) is 5.82 Å². The smallest absolute Gasteiger partial charge is 0.339 e. The van der Waals surface area contributed by atoms with Crippen molar-refractivity contribution in [1.29, 1.82) is 0 Å². The molecule has 0 spiro atoms. The molecule has 0 saturated carbocycles. The van der Waals surface area contributed by atoms with E-state index in [9.17, 15) is 9.18 Å². The Kier molecular flexibility index (Phi) is 2.18. The van der Waals surface area contributed by atoms with Crippen molar-refractivity contribution in [3.8, 4) is 0 Å². The van der Waals surface area contributed by atoms with Crippen molar-refractivity contribution < 1.29 is 13.9 Å². The zero-order valence-electron chi connectivity index (χ0n) is 8.89. The molecule has 84 valence electrons. The molecule has 0 aromatic heterocycles. The predicted molar refractivity (Wildman–Crippen MR) is 60.1 cm³/mol. The predicted octanol–water partition coefficient (Wildman–Crippen LogP) is 3.09. The molecule has 1 heterocycles. The second-order valence-electron chi connectivity index (χ2n) is 3.89. The monoisotopic (exact) mass is 228 g/mol. The van der Waals surface area contributed by atoms with Gasteiger partial charge >= 0.3 is 5.97 Å². The Balaban J connectivity index is 2.14. The van der Waals surface area contributed by atoms with Crippen LogP contribution in [0.4, 0.5) is 4.39 Å². The van der Waals surface area contributed by atoms with Gasteiger partial charge in [-0.2, -0.15) is 0 Å². The number of hydrogen-bond donors (Lipinski definition) is 0. The number of benzene rings is 2. The van der Waals surface area contributed by atoms with Crippen molar-refractivity contribution in [2.24, 2.45) is 0 Å². The Bertz CT molecular complexity index is 592. The molecule has 0 N–H and O–H groups in total. The standard InChI is InChI=1S/C14H9FO2/c15-12-8-4-3-7-11(12)13-9-5-1-2-6-10(9)14(16)17-13/h1-8,13H/t13-/m0/s1. The first kappa shape index (κ1) is 10.0. The highest BCUT2D eigenvalue weighted by atomic mass is 19.1. The van der Waals surface area contributed by atoms with Crippen molar-refractivity contribution in [3.05, 3.63) is 71.0 Å². The molecule has 1 aliphatic rings. The maximum absolute atomic E-state index is 13.7. The Labute approximate surface area is 97.7 Å². The van der Waals surface area contributed by atoms with E-state index in [2.05, 4.69) is 0 Å². The van der Waals surface area contributed by atoms with Crippen LogP contribution in [-0.2, 0) is 4.74 Å². The summed E-state index contributed by atoms with van der Waals surface area (Å²) < 4.78 is 18.9. The van der Waals surface area contributed by atoms with Gasteiger partial charge in [0.25, 0.3) is 0 Å². The lowest BCUT2D eigenvalue weighted by Crippen LogP contribution is -2.03. The van der Waals surface area contributed by atoms with E-state index < -0.39 is 12.1 Å². The lowest BCUT2D eigenvalue weighted by atomic mass is 9.99. The number of hydrogen-bond acceptors (Lipinski definition) is 2. The van der Waals surface area contributed by atoms with Crippen molar-refractivity contribution in [2.75, 3.05) is 0 Å². The molecule has 0 fully saturated rings. The minimum Gasteiger partial charge on any atom is -0.449 e. The number of fused-ring (bicyclic) bond motifs is 1. The van der Waals surface area contributed by atoms with Crippen LogP contribution in [0.15, 0.2) is 48.5 Å². The maximum atomic E-state index is 13.7. The van der Waals surface area contributed by atoms with Crippen LogP contribution in [0.2, 0.25) is 0 Å². The first-order valence-corrected chi connectivity index (χ1v) is 5.31. The zero-order chi connectivity index (χ0) is 11.8. The quantitative estimate of drug-likeness (QED) is 0.701. The minimum atomic E-state index is -0.625. The van der Waals surface area contributed by atoms with E-state index in [0.29, 0.717) is 11.1 Å². The Morgan fingerprint density at radius 3 is 2.35 bits per heavy atom. The molecule has 1 aliphatic heterocycles. The zero-order valence-corrected chi connectivity index (χ0v) is 8.89. The number of halogens is 1. The van der Waals surface area contributed by atoms with Crippen LogP contribution < -0.4 is 0 Å². The first-order chi connectivity index (χ1) is 8.27. The van der Waals surface area contributed by atoms with Gasteiger partial charge in [0.15, 0.2) is 6.10 Å². The fourth-order valence-corrected chi connectivity index (χ4v) is 2.06. The van der Waals surface area contributed by atoms with Crippen LogP contribution in [0.5, 0.6) is 0 Å². The van der Waals surface area contributed by atoms with E-state index >= 15 is 0 Å².